The van der Waals surface area contributed by atoms with Crippen molar-refractivity contribution in [1.82, 2.24) is 0 Å². The van der Waals surface area contributed by atoms with Crippen LogP contribution in [0.1, 0.15) is 55.5 Å². The highest BCUT2D eigenvalue weighted by Crippen LogP contribution is 2.65. The first kappa shape index (κ1) is 21.0. The van der Waals surface area contributed by atoms with Gasteiger partial charge in [-0.1, -0.05) is 113 Å². The summed E-state index contributed by atoms with van der Waals surface area (Å²) in [5, 5.41) is 0.782. The molecule has 1 heteroatoms. The highest BCUT2D eigenvalue weighted by atomic mass is 35.5. The van der Waals surface area contributed by atoms with Crippen molar-refractivity contribution in [3.05, 3.63) is 124 Å². The molecule has 2 aliphatic carbocycles. The van der Waals surface area contributed by atoms with Crippen molar-refractivity contribution in [2.45, 2.75) is 39.5 Å². The van der Waals surface area contributed by atoms with Crippen LogP contribution < -0.4 is 0 Å². The molecule has 1 unspecified atom stereocenters. The van der Waals surface area contributed by atoms with Crippen LogP contribution in [0.25, 0.3) is 16.7 Å². The van der Waals surface area contributed by atoms with Gasteiger partial charge in [-0.15, -0.1) is 0 Å². The van der Waals surface area contributed by atoms with Gasteiger partial charge in [-0.3, -0.25) is 0 Å². The minimum absolute atomic E-state index is 0.0550. The zero-order valence-electron chi connectivity index (χ0n) is 19.3. The maximum Gasteiger partial charge on any atom is 0.0693 e. The third-order valence-corrected chi connectivity index (χ3v) is 7.22. The maximum atomic E-state index is 6.52. The average Bonchev–Trinajstić information content (AvgIpc) is 3.23. The van der Waals surface area contributed by atoms with Crippen molar-refractivity contribution >= 4 is 17.2 Å². The van der Waals surface area contributed by atoms with Crippen LogP contribution in [0.3, 0.4) is 0 Å². The number of rotatable bonds is 3. The summed E-state index contributed by atoms with van der Waals surface area (Å²) in [5.74, 6) is 0. The Balaban J connectivity index is 2.03. The third kappa shape index (κ3) is 2.76. The van der Waals surface area contributed by atoms with Gasteiger partial charge in [0.2, 0.25) is 0 Å². The molecule has 0 N–H and O–H groups in total. The molecule has 2 aliphatic rings. The summed E-state index contributed by atoms with van der Waals surface area (Å²) < 4.78 is 0. The van der Waals surface area contributed by atoms with Gasteiger partial charge in [0, 0.05) is 5.02 Å². The Morgan fingerprint density at radius 1 is 0.875 bits per heavy atom. The monoisotopic (exact) mass is 436 g/mol. The maximum absolute atomic E-state index is 6.52. The van der Waals surface area contributed by atoms with E-state index in [4.69, 9.17) is 11.6 Å². The highest BCUT2D eigenvalue weighted by molar-refractivity contribution is 6.31. The van der Waals surface area contributed by atoms with Gasteiger partial charge in [-0.2, -0.15) is 0 Å². The predicted octanol–water partition coefficient (Wildman–Crippen LogP) is 8.77. The Labute approximate surface area is 197 Å². The second-order valence-corrected chi connectivity index (χ2v) is 10.3. The van der Waals surface area contributed by atoms with Crippen molar-refractivity contribution in [1.29, 1.82) is 0 Å². The van der Waals surface area contributed by atoms with Crippen LogP contribution >= 0.6 is 11.6 Å². The quantitative estimate of drug-likeness (QED) is 0.360. The van der Waals surface area contributed by atoms with Gasteiger partial charge in [0.05, 0.1) is 5.41 Å². The largest absolute Gasteiger partial charge is 0.0991 e. The van der Waals surface area contributed by atoms with Gasteiger partial charge in [0.1, 0.15) is 0 Å². The first-order chi connectivity index (χ1) is 15.3. The summed E-state index contributed by atoms with van der Waals surface area (Å²) in [5.41, 5.74) is 11.7. The lowest BCUT2D eigenvalue weighted by Crippen LogP contribution is -2.33. The molecule has 1 spiro atoms. The average molecular weight is 437 g/mol. The molecule has 0 heterocycles. The molecule has 3 aromatic carbocycles. The van der Waals surface area contributed by atoms with Crippen molar-refractivity contribution in [2.75, 3.05) is 0 Å². The van der Waals surface area contributed by atoms with E-state index in [1.54, 1.807) is 0 Å². The second kappa shape index (κ2) is 7.36. The summed E-state index contributed by atoms with van der Waals surface area (Å²) in [7, 11) is 0. The first-order valence-corrected chi connectivity index (χ1v) is 11.8. The lowest BCUT2D eigenvalue weighted by molar-refractivity contribution is 0.453. The van der Waals surface area contributed by atoms with Crippen molar-refractivity contribution in [3.8, 4) is 11.1 Å². The smallest absolute Gasteiger partial charge is 0.0693 e. The Kier molecular flexibility index (Phi) is 4.84. The summed E-state index contributed by atoms with van der Waals surface area (Å²) in [6.07, 6.45) is 7.21. The topological polar surface area (TPSA) is 0 Å². The number of hydrogen-bond acceptors (Lipinski definition) is 0. The van der Waals surface area contributed by atoms with E-state index < -0.39 is 0 Å². The van der Waals surface area contributed by atoms with Crippen LogP contribution in [-0.2, 0) is 11.8 Å². The fourth-order valence-electron chi connectivity index (χ4n) is 5.95. The Morgan fingerprint density at radius 3 is 2.34 bits per heavy atom. The summed E-state index contributed by atoms with van der Waals surface area (Å²) in [6, 6.07) is 22.4. The molecule has 0 bridgehead atoms. The van der Waals surface area contributed by atoms with Gasteiger partial charge in [0.25, 0.3) is 0 Å². The number of halogens is 1. The Morgan fingerprint density at radius 2 is 1.62 bits per heavy atom. The van der Waals surface area contributed by atoms with Gasteiger partial charge in [0.15, 0.2) is 0 Å². The van der Waals surface area contributed by atoms with E-state index in [0.717, 1.165) is 11.4 Å². The van der Waals surface area contributed by atoms with Crippen LogP contribution in [0.5, 0.6) is 0 Å². The molecule has 160 valence electrons. The molecule has 0 amide bonds. The van der Waals surface area contributed by atoms with Crippen molar-refractivity contribution < 1.29 is 0 Å². The zero-order chi connectivity index (χ0) is 22.7. The molecular formula is C31H29Cl. The third-order valence-electron chi connectivity index (χ3n) is 6.99. The molecule has 0 nitrogen and oxygen atoms in total. The lowest BCUT2D eigenvalue weighted by Gasteiger charge is -2.39. The van der Waals surface area contributed by atoms with Gasteiger partial charge in [-0.05, 0) is 74.1 Å². The van der Waals surface area contributed by atoms with E-state index in [-0.39, 0.29) is 10.8 Å². The zero-order valence-corrected chi connectivity index (χ0v) is 20.1. The van der Waals surface area contributed by atoms with Crippen LogP contribution in [0.4, 0.5) is 0 Å². The SMILES string of the molecule is C=C/C=C\C1=C(C(C)(C)C)C2(c3cc(CC)ccc31)c1ccccc1-c1cc(Cl)ccc12. The van der Waals surface area contributed by atoms with E-state index >= 15 is 0 Å². The second-order valence-electron chi connectivity index (χ2n) is 9.85. The number of hydrogen-bond donors (Lipinski definition) is 0. The van der Waals surface area contributed by atoms with E-state index in [2.05, 4.69) is 107 Å². The summed E-state index contributed by atoms with van der Waals surface area (Å²) in [4.78, 5) is 0. The normalized spacial score (nSPS) is 18.9. The minimum atomic E-state index is -0.323. The van der Waals surface area contributed by atoms with E-state index in [1.807, 2.05) is 6.08 Å². The molecule has 3 aromatic rings. The summed E-state index contributed by atoms with van der Waals surface area (Å²) in [6.45, 7) is 13.2. The molecule has 1 atom stereocenters. The minimum Gasteiger partial charge on any atom is -0.0991 e. The first-order valence-electron chi connectivity index (χ1n) is 11.4. The standard InChI is InChI=1S/C31H29Cl/c1-6-8-11-24-23-16-14-20(7-2)18-28(23)31(29(24)30(3,4)5)26-13-10-9-12-22(26)25-19-21(32)15-17-27(25)31/h6,8-19H,1,7H2,2-5H3/b11-8-. The molecule has 0 aromatic heterocycles. The molecule has 0 fully saturated rings. The number of allylic oxidation sites excluding steroid dienone is 5. The van der Waals surface area contributed by atoms with Crippen LogP contribution in [0.15, 0.2) is 91.0 Å². The fourth-order valence-corrected chi connectivity index (χ4v) is 6.12. The van der Waals surface area contributed by atoms with Crippen molar-refractivity contribution in [2.24, 2.45) is 5.41 Å². The number of benzene rings is 3. The Bertz CT molecular complexity index is 1310. The number of aryl methyl sites for hydroxylation is 1. The van der Waals surface area contributed by atoms with Crippen LogP contribution in [-0.4, -0.2) is 0 Å². The summed E-state index contributed by atoms with van der Waals surface area (Å²) >= 11 is 6.52. The van der Waals surface area contributed by atoms with Gasteiger partial charge in [-0.25, -0.2) is 0 Å². The van der Waals surface area contributed by atoms with Gasteiger partial charge < -0.3 is 0 Å². The van der Waals surface area contributed by atoms with Gasteiger partial charge >= 0.3 is 0 Å². The molecule has 0 aliphatic heterocycles. The fraction of sp³-hybridized carbons (Fsp3) is 0.226. The number of fused-ring (bicyclic) bond motifs is 7. The lowest BCUT2D eigenvalue weighted by atomic mass is 9.62. The van der Waals surface area contributed by atoms with E-state index in [9.17, 15) is 0 Å². The molecule has 32 heavy (non-hydrogen) atoms. The van der Waals surface area contributed by atoms with E-state index in [0.29, 0.717) is 0 Å². The van der Waals surface area contributed by atoms with Crippen molar-refractivity contribution in [3.63, 3.8) is 0 Å². The van der Waals surface area contributed by atoms with Crippen LogP contribution in [0, 0.1) is 5.41 Å². The molecule has 0 radical (unpaired) electrons. The highest BCUT2D eigenvalue weighted by Gasteiger charge is 2.55. The van der Waals surface area contributed by atoms with Crippen LogP contribution in [0.2, 0.25) is 5.02 Å². The molecule has 5 rings (SSSR count). The molecule has 0 saturated carbocycles. The van der Waals surface area contributed by atoms with E-state index in [1.165, 1.54) is 50.1 Å². The predicted molar refractivity (Wildman–Crippen MR) is 138 cm³/mol. The molecular weight excluding hydrogens is 408 g/mol. The molecule has 0 saturated heterocycles. The Hall–Kier alpha value is -2.83.